The van der Waals surface area contributed by atoms with Gasteiger partial charge >= 0.3 is 17.9 Å². The highest BCUT2D eigenvalue weighted by atomic mass is 16.6. The van der Waals surface area contributed by atoms with Gasteiger partial charge in [-0.2, -0.15) is 0 Å². The molecule has 0 saturated heterocycles. The maximum Gasteiger partial charge on any atom is 0.306 e. The summed E-state index contributed by atoms with van der Waals surface area (Å²) in [5.74, 6) is 0.800. The molecule has 6 nitrogen and oxygen atoms in total. The van der Waals surface area contributed by atoms with Crippen LogP contribution in [0.25, 0.3) is 0 Å². The van der Waals surface area contributed by atoms with Gasteiger partial charge in [-0.1, -0.05) is 221 Å². The minimum atomic E-state index is -0.760. The lowest BCUT2D eigenvalue weighted by atomic mass is 10.00. The number of hydrogen-bond acceptors (Lipinski definition) is 6. The van der Waals surface area contributed by atoms with E-state index in [4.69, 9.17) is 14.2 Å². The second-order valence-electron chi connectivity index (χ2n) is 17.1. The van der Waals surface area contributed by atoms with E-state index in [9.17, 15) is 14.4 Å². The topological polar surface area (TPSA) is 78.9 Å². The summed E-state index contributed by atoms with van der Waals surface area (Å²) in [6.45, 7) is 11.3. The summed E-state index contributed by atoms with van der Waals surface area (Å²) in [6, 6.07) is 0. The maximum absolute atomic E-state index is 12.7. The van der Waals surface area contributed by atoms with Crippen LogP contribution in [0.4, 0.5) is 0 Å². The smallest absolute Gasteiger partial charge is 0.306 e. The molecule has 0 fully saturated rings. The third-order valence-electron chi connectivity index (χ3n) is 11.1. The number of carbonyl (C=O) groups is 3. The second-order valence-corrected chi connectivity index (χ2v) is 17.1. The molecule has 0 aliphatic carbocycles. The van der Waals surface area contributed by atoms with E-state index in [1.54, 1.807) is 0 Å². The zero-order chi connectivity index (χ0) is 39.7. The summed E-state index contributed by atoms with van der Waals surface area (Å²) >= 11 is 0. The lowest BCUT2D eigenvalue weighted by molar-refractivity contribution is -0.167. The van der Waals surface area contributed by atoms with E-state index in [1.165, 1.54) is 148 Å². The lowest BCUT2D eigenvalue weighted by Gasteiger charge is -2.18. The van der Waals surface area contributed by atoms with E-state index in [1.807, 2.05) is 0 Å². The van der Waals surface area contributed by atoms with Gasteiger partial charge in [0, 0.05) is 19.3 Å². The van der Waals surface area contributed by atoms with Gasteiger partial charge in [-0.3, -0.25) is 14.4 Å². The first-order valence-electron chi connectivity index (χ1n) is 23.8. The molecular formula is C48H92O6. The van der Waals surface area contributed by atoms with Gasteiger partial charge in [0.2, 0.25) is 0 Å². The first kappa shape index (κ1) is 52.4. The van der Waals surface area contributed by atoms with Crippen LogP contribution in [-0.4, -0.2) is 37.2 Å². The average Bonchev–Trinajstić information content (AvgIpc) is 3.15. The van der Waals surface area contributed by atoms with Gasteiger partial charge in [0.25, 0.3) is 0 Å². The molecule has 0 saturated carbocycles. The molecule has 0 aliphatic rings. The Morgan fingerprint density at radius 3 is 1.06 bits per heavy atom. The summed E-state index contributed by atoms with van der Waals surface area (Å²) in [5.41, 5.74) is 0. The molecule has 0 heterocycles. The van der Waals surface area contributed by atoms with Crippen LogP contribution in [0.15, 0.2) is 0 Å². The van der Waals surface area contributed by atoms with Crippen LogP contribution in [0, 0.1) is 11.8 Å². The number of carbonyl (C=O) groups excluding carboxylic acids is 3. The highest BCUT2D eigenvalue weighted by molar-refractivity contribution is 5.71. The molecule has 0 aliphatic heterocycles. The number of hydrogen-bond donors (Lipinski definition) is 0. The molecule has 1 unspecified atom stereocenters. The van der Waals surface area contributed by atoms with Crippen LogP contribution >= 0.6 is 0 Å². The van der Waals surface area contributed by atoms with Crippen molar-refractivity contribution in [1.82, 2.24) is 0 Å². The Morgan fingerprint density at radius 2 is 0.704 bits per heavy atom. The fraction of sp³-hybridized carbons (Fsp3) is 0.938. The minimum Gasteiger partial charge on any atom is -0.462 e. The van der Waals surface area contributed by atoms with Gasteiger partial charge in [-0.05, 0) is 31.1 Å². The van der Waals surface area contributed by atoms with Gasteiger partial charge in [0.15, 0.2) is 6.10 Å². The van der Waals surface area contributed by atoms with Crippen LogP contribution < -0.4 is 0 Å². The fourth-order valence-electron chi connectivity index (χ4n) is 7.07. The predicted molar refractivity (Wildman–Crippen MR) is 229 cm³/mol. The largest absolute Gasteiger partial charge is 0.462 e. The summed E-state index contributed by atoms with van der Waals surface area (Å²) in [7, 11) is 0. The molecule has 54 heavy (non-hydrogen) atoms. The van der Waals surface area contributed by atoms with Crippen molar-refractivity contribution in [1.29, 1.82) is 0 Å². The number of rotatable bonds is 42. The van der Waals surface area contributed by atoms with Gasteiger partial charge < -0.3 is 14.2 Å². The standard InChI is InChI=1S/C48H92O6/c1-6-8-9-10-11-18-23-30-35-40-48(51)54-45(42-53-47(50)39-34-29-25-24-27-32-37-44(5)7-2)41-52-46(49)38-33-28-22-20-17-15-13-12-14-16-19-21-26-31-36-43(3)4/h43-45H,6-42H2,1-5H3/t44?,45-/m1/s1. The highest BCUT2D eigenvalue weighted by Crippen LogP contribution is 2.17. The SMILES string of the molecule is CCCCCCCCCCCC(=O)O[C@H](COC(=O)CCCCCCCCCCCCCCCCC(C)C)COC(=O)CCCCCCCCC(C)CC. The highest BCUT2D eigenvalue weighted by Gasteiger charge is 2.19. The Labute approximate surface area is 336 Å². The van der Waals surface area contributed by atoms with Crippen LogP contribution in [0.2, 0.25) is 0 Å². The van der Waals surface area contributed by atoms with Gasteiger partial charge in [0.1, 0.15) is 13.2 Å². The van der Waals surface area contributed by atoms with E-state index in [0.717, 1.165) is 69.6 Å². The van der Waals surface area contributed by atoms with Gasteiger partial charge in [-0.25, -0.2) is 0 Å². The quantitative estimate of drug-likeness (QED) is 0.0350. The Kier molecular flexibility index (Phi) is 39.8. The molecular weight excluding hydrogens is 673 g/mol. The predicted octanol–water partition coefficient (Wildman–Crippen LogP) is 15.0. The zero-order valence-electron chi connectivity index (χ0n) is 36.8. The molecule has 320 valence electrons. The Hall–Kier alpha value is -1.59. The number of ether oxygens (including phenoxy) is 3. The third kappa shape index (κ3) is 40.1. The Morgan fingerprint density at radius 1 is 0.389 bits per heavy atom. The van der Waals surface area contributed by atoms with Gasteiger partial charge in [0.05, 0.1) is 0 Å². The van der Waals surface area contributed by atoms with Crippen molar-refractivity contribution in [3.05, 3.63) is 0 Å². The number of unbranched alkanes of at least 4 members (excludes halogenated alkanes) is 26. The minimum absolute atomic E-state index is 0.0651. The van der Waals surface area contributed by atoms with Crippen LogP contribution in [-0.2, 0) is 28.6 Å². The Balaban J connectivity index is 4.24. The molecule has 0 rings (SSSR count). The van der Waals surface area contributed by atoms with Crippen molar-refractivity contribution in [3.8, 4) is 0 Å². The fourth-order valence-corrected chi connectivity index (χ4v) is 7.07. The van der Waals surface area contributed by atoms with Crippen molar-refractivity contribution in [2.45, 2.75) is 265 Å². The molecule has 0 aromatic carbocycles. The molecule has 2 atom stereocenters. The monoisotopic (exact) mass is 765 g/mol. The lowest BCUT2D eigenvalue weighted by Crippen LogP contribution is -2.30. The Bertz CT molecular complexity index is 826. The molecule has 0 aromatic heterocycles. The van der Waals surface area contributed by atoms with Crippen molar-refractivity contribution < 1.29 is 28.6 Å². The molecule has 0 spiro atoms. The van der Waals surface area contributed by atoms with E-state index in [2.05, 4.69) is 34.6 Å². The summed E-state index contributed by atoms with van der Waals surface area (Å²) in [4.78, 5) is 37.7. The molecule has 0 amide bonds. The van der Waals surface area contributed by atoms with Crippen LogP contribution in [0.5, 0.6) is 0 Å². The van der Waals surface area contributed by atoms with Crippen molar-refractivity contribution >= 4 is 17.9 Å². The van der Waals surface area contributed by atoms with Crippen molar-refractivity contribution in [3.63, 3.8) is 0 Å². The second kappa shape index (κ2) is 41.1. The summed E-state index contributed by atoms with van der Waals surface area (Å²) in [6.07, 6.45) is 39.5. The molecule has 6 heteroatoms. The van der Waals surface area contributed by atoms with Gasteiger partial charge in [-0.15, -0.1) is 0 Å². The van der Waals surface area contributed by atoms with Crippen LogP contribution in [0.1, 0.15) is 259 Å². The zero-order valence-corrected chi connectivity index (χ0v) is 36.8. The normalized spacial score (nSPS) is 12.6. The number of esters is 3. The first-order chi connectivity index (χ1) is 26.3. The molecule has 0 aromatic rings. The summed E-state index contributed by atoms with van der Waals surface area (Å²) < 4.78 is 16.7. The van der Waals surface area contributed by atoms with Crippen molar-refractivity contribution in [2.24, 2.45) is 11.8 Å². The van der Waals surface area contributed by atoms with Crippen molar-refractivity contribution in [2.75, 3.05) is 13.2 Å². The van der Waals surface area contributed by atoms with E-state index >= 15 is 0 Å². The average molecular weight is 765 g/mol. The van der Waals surface area contributed by atoms with E-state index in [0.29, 0.717) is 19.3 Å². The molecule has 0 radical (unpaired) electrons. The third-order valence-corrected chi connectivity index (χ3v) is 11.1. The van der Waals surface area contributed by atoms with E-state index < -0.39 is 6.10 Å². The first-order valence-corrected chi connectivity index (χ1v) is 23.8. The maximum atomic E-state index is 12.7. The van der Waals surface area contributed by atoms with E-state index in [-0.39, 0.29) is 31.1 Å². The molecule has 0 N–H and O–H groups in total. The molecule has 0 bridgehead atoms. The summed E-state index contributed by atoms with van der Waals surface area (Å²) in [5, 5.41) is 0. The van der Waals surface area contributed by atoms with Crippen LogP contribution in [0.3, 0.4) is 0 Å².